The fourth-order valence-corrected chi connectivity index (χ4v) is 0.472. The molecular formula is C6H15NO2. The van der Waals surface area contributed by atoms with Crippen molar-refractivity contribution in [2.24, 2.45) is 0 Å². The minimum atomic E-state index is 0.181. The molecule has 0 fully saturated rings. The standard InChI is InChI=1S/C6H15NO2/c1-6(5-8)7-3-4-9-2/h6-8H,3-5H2,1-2H3/t6-/m0/s1. The zero-order chi connectivity index (χ0) is 7.11. The van der Waals surface area contributed by atoms with Gasteiger partial charge in [0.25, 0.3) is 0 Å². The van der Waals surface area contributed by atoms with Gasteiger partial charge in [-0.25, -0.2) is 0 Å². The quantitative estimate of drug-likeness (QED) is 0.501. The molecule has 0 aliphatic rings. The molecule has 0 aromatic heterocycles. The van der Waals surface area contributed by atoms with Crippen molar-refractivity contribution in [3.8, 4) is 0 Å². The summed E-state index contributed by atoms with van der Waals surface area (Å²) in [5, 5.41) is 11.6. The smallest absolute Gasteiger partial charge is 0.0587 e. The summed E-state index contributed by atoms with van der Waals surface area (Å²) in [6.45, 7) is 3.61. The lowest BCUT2D eigenvalue weighted by atomic mass is 10.4. The molecule has 0 spiro atoms. The van der Waals surface area contributed by atoms with E-state index in [0.29, 0.717) is 6.61 Å². The maximum atomic E-state index is 8.53. The van der Waals surface area contributed by atoms with E-state index < -0.39 is 0 Å². The Morgan fingerprint density at radius 2 is 2.33 bits per heavy atom. The minimum absolute atomic E-state index is 0.181. The van der Waals surface area contributed by atoms with Gasteiger partial charge in [0.05, 0.1) is 13.2 Å². The molecule has 0 aliphatic carbocycles. The van der Waals surface area contributed by atoms with Crippen molar-refractivity contribution in [1.82, 2.24) is 5.32 Å². The van der Waals surface area contributed by atoms with Crippen molar-refractivity contribution in [1.29, 1.82) is 0 Å². The van der Waals surface area contributed by atoms with Crippen LogP contribution in [0.5, 0.6) is 0 Å². The Kier molecular flexibility index (Phi) is 5.93. The van der Waals surface area contributed by atoms with Gasteiger partial charge >= 0.3 is 0 Å². The Morgan fingerprint density at radius 1 is 1.67 bits per heavy atom. The topological polar surface area (TPSA) is 41.5 Å². The van der Waals surface area contributed by atoms with E-state index in [0.717, 1.165) is 6.54 Å². The maximum absolute atomic E-state index is 8.53. The monoisotopic (exact) mass is 133 g/mol. The summed E-state index contributed by atoms with van der Waals surface area (Å²) in [6, 6.07) is 0.181. The van der Waals surface area contributed by atoms with Gasteiger partial charge in [-0.15, -0.1) is 0 Å². The first-order valence-corrected chi connectivity index (χ1v) is 3.14. The lowest BCUT2D eigenvalue weighted by Gasteiger charge is -2.08. The number of ether oxygens (including phenoxy) is 1. The van der Waals surface area contributed by atoms with Crippen molar-refractivity contribution >= 4 is 0 Å². The van der Waals surface area contributed by atoms with Crippen molar-refractivity contribution in [3.05, 3.63) is 0 Å². The second-order valence-electron chi connectivity index (χ2n) is 2.03. The molecule has 0 aromatic carbocycles. The van der Waals surface area contributed by atoms with Crippen LogP contribution in [0, 0.1) is 0 Å². The summed E-state index contributed by atoms with van der Waals surface area (Å²) in [7, 11) is 1.66. The van der Waals surface area contributed by atoms with E-state index in [1.54, 1.807) is 7.11 Å². The van der Waals surface area contributed by atoms with Crippen molar-refractivity contribution in [3.63, 3.8) is 0 Å². The molecule has 0 saturated carbocycles. The largest absolute Gasteiger partial charge is 0.395 e. The molecule has 0 aromatic rings. The number of aliphatic hydroxyl groups excluding tert-OH is 1. The average molecular weight is 133 g/mol. The first kappa shape index (κ1) is 8.88. The first-order chi connectivity index (χ1) is 4.31. The Bertz CT molecular complexity index is 59.0. The molecular weight excluding hydrogens is 118 g/mol. The van der Waals surface area contributed by atoms with Crippen LogP contribution in [0.25, 0.3) is 0 Å². The zero-order valence-electron chi connectivity index (χ0n) is 6.05. The summed E-state index contributed by atoms with van der Waals surface area (Å²) in [5.41, 5.74) is 0. The van der Waals surface area contributed by atoms with Crippen molar-refractivity contribution < 1.29 is 9.84 Å². The predicted molar refractivity (Wildman–Crippen MR) is 36.4 cm³/mol. The Hall–Kier alpha value is -0.120. The highest BCUT2D eigenvalue weighted by Crippen LogP contribution is 1.75. The Labute approximate surface area is 56.0 Å². The van der Waals surface area contributed by atoms with Gasteiger partial charge in [0.2, 0.25) is 0 Å². The molecule has 0 saturated heterocycles. The van der Waals surface area contributed by atoms with Gasteiger partial charge in [-0.2, -0.15) is 0 Å². The van der Waals surface area contributed by atoms with E-state index in [4.69, 9.17) is 9.84 Å². The molecule has 9 heavy (non-hydrogen) atoms. The molecule has 0 unspecified atom stereocenters. The third-order valence-electron chi connectivity index (χ3n) is 1.07. The Balaban J connectivity index is 2.88. The highest BCUT2D eigenvalue weighted by atomic mass is 16.5. The van der Waals surface area contributed by atoms with Crippen LogP contribution in [0.15, 0.2) is 0 Å². The van der Waals surface area contributed by atoms with Crippen LogP contribution in [0.3, 0.4) is 0 Å². The van der Waals surface area contributed by atoms with Gasteiger partial charge < -0.3 is 15.2 Å². The van der Waals surface area contributed by atoms with E-state index in [2.05, 4.69) is 5.32 Å². The van der Waals surface area contributed by atoms with Gasteiger partial charge in [0.15, 0.2) is 0 Å². The average Bonchev–Trinajstić information content (AvgIpc) is 1.89. The van der Waals surface area contributed by atoms with E-state index in [1.165, 1.54) is 0 Å². The summed E-state index contributed by atoms with van der Waals surface area (Å²) >= 11 is 0. The van der Waals surface area contributed by atoms with E-state index in [-0.39, 0.29) is 12.6 Å². The van der Waals surface area contributed by atoms with Gasteiger partial charge in [-0.05, 0) is 6.92 Å². The lowest BCUT2D eigenvalue weighted by Crippen LogP contribution is -2.31. The molecule has 1 atom stereocenters. The second-order valence-corrected chi connectivity index (χ2v) is 2.03. The fourth-order valence-electron chi connectivity index (χ4n) is 0.472. The highest BCUT2D eigenvalue weighted by Gasteiger charge is 1.94. The summed E-state index contributed by atoms with van der Waals surface area (Å²) in [4.78, 5) is 0. The predicted octanol–water partition coefficient (Wildman–Crippen LogP) is -0.397. The maximum Gasteiger partial charge on any atom is 0.0587 e. The summed E-state index contributed by atoms with van der Waals surface area (Å²) in [5.74, 6) is 0. The normalized spacial score (nSPS) is 13.7. The number of nitrogens with one attached hydrogen (secondary N) is 1. The molecule has 0 amide bonds. The Morgan fingerprint density at radius 3 is 2.78 bits per heavy atom. The number of aliphatic hydroxyl groups is 1. The third-order valence-corrected chi connectivity index (χ3v) is 1.07. The first-order valence-electron chi connectivity index (χ1n) is 3.14. The molecule has 0 aliphatic heterocycles. The van der Waals surface area contributed by atoms with Crippen LogP contribution in [0.4, 0.5) is 0 Å². The highest BCUT2D eigenvalue weighted by molar-refractivity contribution is 4.55. The third kappa shape index (κ3) is 5.76. The van der Waals surface area contributed by atoms with Crippen LogP contribution in [0.2, 0.25) is 0 Å². The van der Waals surface area contributed by atoms with Crippen molar-refractivity contribution in [2.75, 3.05) is 26.9 Å². The summed E-state index contributed by atoms with van der Waals surface area (Å²) < 4.78 is 4.79. The lowest BCUT2D eigenvalue weighted by molar-refractivity contribution is 0.186. The van der Waals surface area contributed by atoms with Gasteiger partial charge in [-0.1, -0.05) is 0 Å². The molecule has 56 valence electrons. The van der Waals surface area contributed by atoms with Crippen LogP contribution in [-0.2, 0) is 4.74 Å². The number of methoxy groups -OCH3 is 1. The van der Waals surface area contributed by atoms with Crippen LogP contribution < -0.4 is 5.32 Å². The number of rotatable bonds is 5. The van der Waals surface area contributed by atoms with Crippen LogP contribution >= 0.6 is 0 Å². The second kappa shape index (κ2) is 6.01. The van der Waals surface area contributed by atoms with Gasteiger partial charge in [0.1, 0.15) is 0 Å². The molecule has 3 nitrogen and oxygen atoms in total. The van der Waals surface area contributed by atoms with E-state index in [9.17, 15) is 0 Å². The van der Waals surface area contributed by atoms with Crippen LogP contribution in [-0.4, -0.2) is 38.0 Å². The van der Waals surface area contributed by atoms with Gasteiger partial charge in [-0.3, -0.25) is 0 Å². The fraction of sp³-hybridized carbons (Fsp3) is 1.00. The molecule has 0 rings (SSSR count). The molecule has 0 radical (unpaired) electrons. The number of hydrogen-bond donors (Lipinski definition) is 2. The van der Waals surface area contributed by atoms with Crippen LogP contribution in [0.1, 0.15) is 6.92 Å². The SMILES string of the molecule is COCCN[C@@H](C)CO. The number of hydrogen-bond acceptors (Lipinski definition) is 3. The molecule has 2 N–H and O–H groups in total. The summed E-state index contributed by atoms with van der Waals surface area (Å²) in [6.07, 6.45) is 0. The van der Waals surface area contributed by atoms with E-state index in [1.807, 2.05) is 6.92 Å². The van der Waals surface area contributed by atoms with Crippen molar-refractivity contribution in [2.45, 2.75) is 13.0 Å². The molecule has 0 heterocycles. The van der Waals surface area contributed by atoms with Gasteiger partial charge in [0, 0.05) is 19.7 Å². The molecule has 3 heteroatoms. The zero-order valence-corrected chi connectivity index (χ0v) is 6.05. The van der Waals surface area contributed by atoms with E-state index >= 15 is 0 Å². The molecule has 0 bridgehead atoms. The minimum Gasteiger partial charge on any atom is -0.395 e.